The molecule has 2 rings (SSSR count). The van der Waals surface area contributed by atoms with Crippen LogP contribution in [0.5, 0.6) is 0 Å². The second kappa shape index (κ2) is 8.97. The lowest BCUT2D eigenvalue weighted by Crippen LogP contribution is -2.48. The van der Waals surface area contributed by atoms with Gasteiger partial charge in [-0.25, -0.2) is 0 Å². The quantitative estimate of drug-likeness (QED) is 0.346. The zero-order valence-corrected chi connectivity index (χ0v) is 18.9. The highest BCUT2D eigenvalue weighted by Gasteiger charge is 2.51. The van der Waals surface area contributed by atoms with Crippen molar-refractivity contribution < 1.29 is 9.53 Å². The Labute approximate surface area is 167 Å². The molecular weight excluding hydrogens is 332 g/mol. The molecule has 0 spiro atoms. The van der Waals surface area contributed by atoms with Gasteiger partial charge in [-0.3, -0.25) is 4.79 Å². The van der Waals surface area contributed by atoms with Crippen LogP contribution in [-0.4, -0.2) is 12.1 Å². The third-order valence-electron chi connectivity index (χ3n) is 7.56. The van der Waals surface area contributed by atoms with E-state index < -0.39 is 0 Å². The van der Waals surface area contributed by atoms with Gasteiger partial charge < -0.3 is 4.74 Å². The minimum absolute atomic E-state index is 0.0132. The lowest BCUT2D eigenvalue weighted by atomic mass is 9.48. The van der Waals surface area contributed by atoms with Crippen LogP contribution in [0.4, 0.5) is 0 Å². The van der Waals surface area contributed by atoms with Gasteiger partial charge in [-0.2, -0.15) is 0 Å². The average molecular weight is 375 g/mol. The normalized spacial score (nSPS) is 31.7. The maximum atomic E-state index is 11.0. The summed E-state index contributed by atoms with van der Waals surface area (Å²) in [7, 11) is 0. The van der Waals surface area contributed by atoms with Crippen LogP contribution in [0, 0.1) is 22.7 Å². The molecular formula is C25H42O2. The summed E-state index contributed by atoms with van der Waals surface area (Å²) in [6, 6.07) is 0. The lowest BCUT2D eigenvalue weighted by molar-refractivity contribution is -0.145. The molecule has 1 fully saturated rings. The summed E-state index contributed by atoms with van der Waals surface area (Å²) in [5, 5.41) is 0. The Morgan fingerprint density at radius 3 is 2.67 bits per heavy atom. The van der Waals surface area contributed by atoms with Crippen LogP contribution >= 0.6 is 0 Å². The number of carbonyl (C=O) groups excluding carboxylic acids is 1. The topological polar surface area (TPSA) is 26.3 Å². The molecule has 0 unspecified atom stereocenters. The van der Waals surface area contributed by atoms with E-state index in [1.807, 2.05) is 6.92 Å². The van der Waals surface area contributed by atoms with Gasteiger partial charge in [0.05, 0.1) is 6.10 Å². The molecule has 4 atom stereocenters. The number of esters is 1. The smallest absolute Gasteiger partial charge is 0.302 e. The Balaban J connectivity index is 1.95. The molecule has 0 aromatic rings. The van der Waals surface area contributed by atoms with Crippen LogP contribution in [0.3, 0.4) is 0 Å². The molecule has 0 aliphatic heterocycles. The van der Waals surface area contributed by atoms with Crippen molar-refractivity contribution in [2.24, 2.45) is 22.7 Å². The zero-order chi connectivity index (χ0) is 20.2. The van der Waals surface area contributed by atoms with E-state index in [9.17, 15) is 4.79 Å². The van der Waals surface area contributed by atoms with E-state index in [0.29, 0.717) is 10.8 Å². The predicted molar refractivity (Wildman–Crippen MR) is 115 cm³/mol. The van der Waals surface area contributed by atoms with Crippen LogP contribution in [0.1, 0.15) is 99.8 Å². The number of rotatable bonds is 7. The summed E-state index contributed by atoms with van der Waals surface area (Å²) < 4.78 is 5.22. The molecule has 2 aliphatic carbocycles. The zero-order valence-electron chi connectivity index (χ0n) is 18.9. The van der Waals surface area contributed by atoms with E-state index in [1.54, 1.807) is 5.57 Å². The standard InChI is InChI=1S/C25H42O2/c1-18(10-8-11-20(3)27-21(4)26)12-14-22-19(2)13-15-23-24(5,6)16-9-17-25(22,23)7/h10,13,20,22-23H,8-9,11-12,14-17H2,1-7H3/b18-10+/t20-,22-,23+,25+/m1/s1. The van der Waals surface area contributed by atoms with Gasteiger partial charge >= 0.3 is 5.97 Å². The van der Waals surface area contributed by atoms with Crippen LogP contribution < -0.4 is 0 Å². The van der Waals surface area contributed by atoms with Gasteiger partial charge in [-0.1, -0.05) is 50.5 Å². The van der Waals surface area contributed by atoms with Gasteiger partial charge in [0.15, 0.2) is 0 Å². The van der Waals surface area contributed by atoms with Crippen molar-refractivity contribution in [3.05, 3.63) is 23.3 Å². The Kier molecular flexibility index (Phi) is 7.39. The van der Waals surface area contributed by atoms with Gasteiger partial charge in [0, 0.05) is 6.92 Å². The third-order valence-corrected chi connectivity index (χ3v) is 7.56. The molecule has 0 amide bonds. The van der Waals surface area contributed by atoms with Gasteiger partial charge in [0.25, 0.3) is 0 Å². The van der Waals surface area contributed by atoms with Crippen molar-refractivity contribution in [3.8, 4) is 0 Å². The van der Waals surface area contributed by atoms with Crippen molar-refractivity contribution in [1.82, 2.24) is 0 Å². The van der Waals surface area contributed by atoms with Crippen molar-refractivity contribution >= 4 is 5.97 Å². The van der Waals surface area contributed by atoms with E-state index >= 15 is 0 Å². The molecule has 0 saturated heterocycles. The van der Waals surface area contributed by atoms with Crippen molar-refractivity contribution in [2.75, 3.05) is 0 Å². The lowest BCUT2D eigenvalue weighted by Gasteiger charge is -2.57. The van der Waals surface area contributed by atoms with Gasteiger partial charge in [0.2, 0.25) is 0 Å². The van der Waals surface area contributed by atoms with E-state index in [-0.39, 0.29) is 12.1 Å². The van der Waals surface area contributed by atoms with Gasteiger partial charge in [0.1, 0.15) is 0 Å². The highest BCUT2D eigenvalue weighted by molar-refractivity contribution is 5.66. The van der Waals surface area contributed by atoms with Crippen LogP contribution in [0.25, 0.3) is 0 Å². The highest BCUT2D eigenvalue weighted by atomic mass is 16.5. The average Bonchev–Trinajstić information content (AvgIpc) is 2.52. The number of allylic oxidation sites excluding steroid dienone is 4. The first-order chi connectivity index (χ1) is 12.6. The van der Waals surface area contributed by atoms with Crippen LogP contribution in [0.2, 0.25) is 0 Å². The summed E-state index contributed by atoms with van der Waals surface area (Å²) in [4.78, 5) is 11.0. The Morgan fingerprint density at radius 1 is 1.30 bits per heavy atom. The molecule has 0 aromatic heterocycles. The first-order valence-electron chi connectivity index (χ1n) is 11.1. The predicted octanol–water partition coefficient (Wildman–Crippen LogP) is 7.24. The third kappa shape index (κ3) is 5.48. The molecule has 0 radical (unpaired) electrons. The maximum absolute atomic E-state index is 11.0. The number of fused-ring (bicyclic) bond motifs is 1. The number of ether oxygens (including phenoxy) is 1. The maximum Gasteiger partial charge on any atom is 0.302 e. The minimum Gasteiger partial charge on any atom is -0.463 e. The molecule has 0 aromatic carbocycles. The van der Waals surface area contributed by atoms with Crippen LogP contribution in [-0.2, 0) is 9.53 Å². The summed E-state index contributed by atoms with van der Waals surface area (Å²) >= 11 is 0. The minimum atomic E-state index is -0.180. The first kappa shape index (κ1) is 22.2. The van der Waals surface area contributed by atoms with Gasteiger partial charge in [-0.05, 0) is 88.4 Å². The molecule has 2 aliphatic rings. The van der Waals surface area contributed by atoms with Gasteiger partial charge in [-0.15, -0.1) is 0 Å². The molecule has 1 saturated carbocycles. The largest absolute Gasteiger partial charge is 0.463 e. The second-order valence-electron chi connectivity index (χ2n) is 10.2. The molecule has 0 N–H and O–H groups in total. The van der Waals surface area contributed by atoms with E-state index in [0.717, 1.165) is 24.7 Å². The Bertz CT molecular complexity index is 583. The van der Waals surface area contributed by atoms with E-state index in [1.165, 1.54) is 51.0 Å². The van der Waals surface area contributed by atoms with Crippen molar-refractivity contribution in [3.63, 3.8) is 0 Å². The SMILES string of the molecule is CC(=O)O[C@H](C)CC/C=C(\C)CC[C@@H]1C(C)=CC[C@H]2C(C)(C)CCC[C@@]12C. The fourth-order valence-corrected chi connectivity index (χ4v) is 6.08. The summed E-state index contributed by atoms with van der Waals surface area (Å²) in [6.45, 7) is 15.7. The Hall–Kier alpha value is -1.05. The van der Waals surface area contributed by atoms with E-state index in [2.05, 4.69) is 46.8 Å². The molecule has 2 nitrogen and oxygen atoms in total. The van der Waals surface area contributed by atoms with Crippen molar-refractivity contribution in [2.45, 2.75) is 106 Å². The molecule has 27 heavy (non-hydrogen) atoms. The first-order valence-corrected chi connectivity index (χ1v) is 11.1. The fourth-order valence-electron chi connectivity index (χ4n) is 6.08. The molecule has 0 heterocycles. The monoisotopic (exact) mass is 374 g/mol. The second-order valence-corrected chi connectivity index (χ2v) is 10.2. The summed E-state index contributed by atoms with van der Waals surface area (Å²) in [6.07, 6.45) is 14.7. The fraction of sp³-hybridized carbons (Fsp3) is 0.800. The van der Waals surface area contributed by atoms with Crippen molar-refractivity contribution in [1.29, 1.82) is 0 Å². The van der Waals surface area contributed by atoms with E-state index in [4.69, 9.17) is 4.74 Å². The number of carbonyl (C=O) groups is 1. The highest BCUT2D eigenvalue weighted by Crippen LogP contribution is 2.60. The molecule has 0 bridgehead atoms. The van der Waals surface area contributed by atoms with Crippen LogP contribution in [0.15, 0.2) is 23.3 Å². The summed E-state index contributed by atoms with van der Waals surface area (Å²) in [5.41, 5.74) is 4.05. The number of hydrogen-bond acceptors (Lipinski definition) is 2. The Morgan fingerprint density at radius 2 is 2.00 bits per heavy atom. The number of hydrogen-bond donors (Lipinski definition) is 0. The molecule has 2 heteroatoms. The summed E-state index contributed by atoms with van der Waals surface area (Å²) in [5.74, 6) is 1.36. The molecule has 154 valence electrons.